The lowest BCUT2D eigenvalue weighted by molar-refractivity contribution is 0.132. The second-order valence-electron chi connectivity index (χ2n) is 7.85. The average molecular weight is 275 g/mol. The maximum atomic E-state index is 4.51. The molecular weight excluding hydrogens is 252 g/mol. The Morgan fingerprint density at radius 3 is 2.95 bits per heavy atom. The van der Waals surface area contributed by atoms with Crippen molar-refractivity contribution in [2.24, 2.45) is 17.8 Å². The number of benzene rings is 1. The fourth-order valence-electron chi connectivity index (χ4n) is 5.77. The molecule has 4 fully saturated rings. The monoisotopic (exact) mass is 275 g/mol. The molecule has 21 heavy (non-hydrogen) atoms. The molecule has 1 aromatic rings. The highest BCUT2D eigenvalue weighted by atomic mass is 14.5. The molecular formula is C21H23. The van der Waals surface area contributed by atoms with E-state index in [9.17, 15) is 0 Å². The van der Waals surface area contributed by atoms with Gasteiger partial charge in [0.2, 0.25) is 0 Å². The van der Waals surface area contributed by atoms with Crippen LogP contribution in [-0.4, -0.2) is 0 Å². The van der Waals surface area contributed by atoms with Gasteiger partial charge in [0, 0.05) is 0 Å². The first-order valence-corrected chi connectivity index (χ1v) is 8.53. The van der Waals surface area contributed by atoms with E-state index in [1.807, 2.05) is 5.92 Å². The van der Waals surface area contributed by atoms with E-state index in [1.54, 1.807) is 22.3 Å². The van der Waals surface area contributed by atoms with Gasteiger partial charge >= 0.3 is 0 Å². The molecule has 4 bridgehead atoms. The molecule has 4 atom stereocenters. The predicted octanol–water partition coefficient (Wildman–Crippen LogP) is 5.31. The molecule has 0 aliphatic heterocycles. The summed E-state index contributed by atoms with van der Waals surface area (Å²) in [5, 5.41) is 0. The van der Waals surface area contributed by atoms with E-state index in [-0.39, 0.29) is 0 Å². The number of rotatable bonds is 1. The zero-order valence-corrected chi connectivity index (χ0v) is 12.9. The first-order chi connectivity index (χ1) is 10.2. The van der Waals surface area contributed by atoms with Gasteiger partial charge < -0.3 is 0 Å². The van der Waals surface area contributed by atoms with Crippen molar-refractivity contribution in [2.75, 3.05) is 0 Å². The lowest BCUT2D eigenvalue weighted by atomic mass is 9.49. The quantitative estimate of drug-likeness (QED) is 0.609. The highest BCUT2D eigenvalue weighted by molar-refractivity contribution is 5.68. The Labute approximate surface area is 128 Å². The van der Waals surface area contributed by atoms with E-state index in [4.69, 9.17) is 0 Å². The summed E-state index contributed by atoms with van der Waals surface area (Å²) in [5.74, 6) is 5.07. The van der Waals surface area contributed by atoms with Gasteiger partial charge in [-0.05, 0) is 85.3 Å². The molecule has 107 valence electrons. The third kappa shape index (κ3) is 1.62. The summed E-state index contributed by atoms with van der Waals surface area (Å²) < 4.78 is 0. The van der Waals surface area contributed by atoms with E-state index in [0.29, 0.717) is 5.92 Å². The van der Waals surface area contributed by atoms with E-state index < -0.39 is 0 Å². The number of hydrogen-bond donors (Lipinski definition) is 0. The van der Waals surface area contributed by atoms with Crippen LogP contribution in [0.15, 0.2) is 35.9 Å². The van der Waals surface area contributed by atoms with Crippen molar-refractivity contribution in [3.63, 3.8) is 0 Å². The molecule has 0 amide bonds. The second kappa shape index (κ2) is 4.12. The van der Waals surface area contributed by atoms with Crippen molar-refractivity contribution in [3.05, 3.63) is 58.5 Å². The van der Waals surface area contributed by atoms with Crippen LogP contribution in [0, 0.1) is 23.7 Å². The van der Waals surface area contributed by atoms with Crippen LogP contribution in [0.3, 0.4) is 0 Å². The molecule has 0 nitrogen and oxygen atoms in total. The fraction of sp³-hybridized carbons (Fsp3) is 0.476. The maximum absolute atomic E-state index is 4.51. The van der Waals surface area contributed by atoms with Crippen LogP contribution in [0.5, 0.6) is 0 Å². The molecule has 0 saturated heterocycles. The van der Waals surface area contributed by atoms with Crippen LogP contribution < -0.4 is 0 Å². The lowest BCUT2D eigenvalue weighted by Gasteiger charge is -2.55. The molecule has 0 spiro atoms. The molecule has 1 radical (unpaired) electrons. The Kier molecular flexibility index (Phi) is 2.41. The van der Waals surface area contributed by atoms with Crippen molar-refractivity contribution < 1.29 is 0 Å². The first-order valence-electron chi connectivity index (χ1n) is 8.53. The predicted molar refractivity (Wildman–Crippen MR) is 87.9 cm³/mol. The van der Waals surface area contributed by atoms with Crippen LogP contribution in [0.25, 0.3) is 6.08 Å². The molecule has 5 aliphatic carbocycles. The zero-order chi connectivity index (χ0) is 14.1. The molecule has 0 aromatic heterocycles. The van der Waals surface area contributed by atoms with Gasteiger partial charge in [-0.1, -0.05) is 42.0 Å². The van der Waals surface area contributed by atoms with E-state index in [1.165, 1.54) is 31.3 Å². The second-order valence-corrected chi connectivity index (χ2v) is 7.85. The summed E-state index contributed by atoms with van der Waals surface area (Å²) in [6.07, 6.45) is 9.16. The minimum atomic E-state index is 0.683. The van der Waals surface area contributed by atoms with E-state index in [0.717, 1.165) is 24.2 Å². The summed E-state index contributed by atoms with van der Waals surface area (Å²) in [7, 11) is 0. The van der Waals surface area contributed by atoms with Gasteiger partial charge in [0.1, 0.15) is 0 Å². The summed E-state index contributed by atoms with van der Waals surface area (Å²) in [4.78, 5) is 0. The molecule has 6 rings (SSSR count). The molecule has 1 aromatic carbocycles. The molecule has 5 aliphatic rings. The summed E-state index contributed by atoms with van der Waals surface area (Å²) >= 11 is 0. The minimum Gasteiger partial charge on any atom is -0.0993 e. The van der Waals surface area contributed by atoms with Crippen LogP contribution in [0.1, 0.15) is 55.2 Å². The van der Waals surface area contributed by atoms with Gasteiger partial charge in [-0.3, -0.25) is 0 Å². The third-order valence-electron chi connectivity index (χ3n) is 6.53. The van der Waals surface area contributed by atoms with Crippen molar-refractivity contribution in [2.45, 2.75) is 44.9 Å². The highest BCUT2D eigenvalue weighted by Gasteiger charge is 2.51. The van der Waals surface area contributed by atoms with Crippen LogP contribution in [0.2, 0.25) is 0 Å². The highest BCUT2D eigenvalue weighted by Crippen LogP contribution is 2.63. The van der Waals surface area contributed by atoms with Crippen LogP contribution >= 0.6 is 0 Å². The number of allylic oxidation sites excluding steroid dienone is 2. The average Bonchev–Trinajstić information content (AvgIpc) is 2.84. The summed E-state index contributed by atoms with van der Waals surface area (Å²) in [6.45, 7) is 6.78. The van der Waals surface area contributed by atoms with Gasteiger partial charge in [0.05, 0.1) is 0 Å². The van der Waals surface area contributed by atoms with Crippen molar-refractivity contribution in [1.82, 2.24) is 0 Å². The minimum absolute atomic E-state index is 0.683. The largest absolute Gasteiger partial charge is 0.0993 e. The molecule has 0 heteroatoms. The molecule has 4 saturated carbocycles. The van der Waals surface area contributed by atoms with Gasteiger partial charge in [0.15, 0.2) is 0 Å². The first kappa shape index (κ1) is 12.3. The Morgan fingerprint density at radius 1 is 1.14 bits per heavy atom. The third-order valence-corrected chi connectivity index (χ3v) is 6.53. The number of hydrogen-bond acceptors (Lipinski definition) is 0. The maximum Gasteiger partial charge on any atom is -0.00278 e. The molecule has 4 unspecified atom stereocenters. The SMILES string of the molecule is C=C1C2C[C]3CC(C2)CC1C3c1cccc2c1C=C(C)C2. The Hall–Kier alpha value is -1.30. The zero-order valence-electron chi connectivity index (χ0n) is 12.9. The standard InChI is InChI=1S/C21H23/c1-12-6-15-4-3-5-18(20(15)7-12)21-17-9-14-8-16(11-17)13(2)19(21)10-14/h3-5,7,14,16,19,21H,2,6,8-11H2,1H3. The van der Waals surface area contributed by atoms with E-state index >= 15 is 0 Å². The van der Waals surface area contributed by atoms with Gasteiger partial charge in [0.25, 0.3) is 0 Å². The normalized spacial score (nSPS) is 37.0. The van der Waals surface area contributed by atoms with Crippen molar-refractivity contribution >= 4 is 6.08 Å². The molecule has 0 heterocycles. The van der Waals surface area contributed by atoms with Gasteiger partial charge in [-0.15, -0.1) is 0 Å². The Morgan fingerprint density at radius 2 is 2.05 bits per heavy atom. The fourth-order valence-corrected chi connectivity index (χ4v) is 5.77. The molecule has 0 N–H and O–H groups in total. The number of fused-ring (bicyclic) bond motifs is 1. The summed E-state index contributed by atoms with van der Waals surface area (Å²) in [5.41, 5.74) is 7.81. The topological polar surface area (TPSA) is 0 Å². The smallest absolute Gasteiger partial charge is 0.00278 e. The van der Waals surface area contributed by atoms with Crippen molar-refractivity contribution in [1.29, 1.82) is 0 Å². The van der Waals surface area contributed by atoms with Crippen LogP contribution in [-0.2, 0) is 6.42 Å². The van der Waals surface area contributed by atoms with Gasteiger partial charge in [-0.2, -0.15) is 0 Å². The Balaban J connectivity index is 1.63. The lowest BCUT2D eigenvalue weighted by Crippen LogP contribution is -2.44. The Bertz CT molecular complexity index is 663. The van der Waals surface area contributed by atoms with Gasteiger partial charge in [-0.25, -0.2) is 0 Å². The van der Waals surface area contributed by atoms with E-state index in [2.05, 4.69) is 37.8 Å². The van der Waals surface area contributed by atoms with Crippen molar-refractivity contribution in [3.8, 4) is 0 Å². The van der Waals surface area contributed by atoms with Crippen LogP contribution in [0.4, 0.5) is 0 Å². The summed E-state index contributed by atoms with van der Waals surface area (Å²) in [6, 6.07) is 7.01.